The number of hydrogen-bond acceptors (Lipinski definition) is 3. The molecule has 0 aliphatic heterocycles. The van der Waals surface area contributed by atoms with Crippen LogP contribution in [0, 0.1) is 0 Å². The van der Waals surface area contributed by atoms with Gasteiger partial charge < -0.3 is 4.90 Å². The van der Waals surface area contributed by atoms with Gasteiger partial charge in [0.1, 0.15) is 5.71 Å². The van der Waals surface area contributed by atoms with Gasteiger partial charge in [-0.1, -0.05) is 56.0 Å². The standard InChI is InChI=1S/C22H28FN3/c1-6-12-19(22(25-8-3)20(23)17-24-4)15-16-26(5)21(7-2)18-13-10-9-11-14-18/h6,9-17,21H,1,4,7-8H2,2-3,5H3/b16-15-,19-12+,20-17+,25-22?. The zero-order chi connectivity index (χ0) is 19.4. The molecule has 0 bridgehead atoms. The van der Waals surface area contributed by atoms with Crippen molar-refractivity contribution in [2.75, 3.05) is 13.6 Å². The quantitative estimate of drug-likeness (QED) is 0.393. The molecule has 1 atom stereocenters. The molecule has 0 N–H and O–H groups in total. The van der Waals surface area contributed by atoms with Crippen LogP contribution in [0.5, 0.6) is 0 Å². The van der Waals surface area contributed by atoms with E-state index in [2.05, 4.69) is 47.2 Å². The van der Waals surface area contributed by atoms with Crippen molar-refractivity contribution in [2.24, 2.45) is 9.98 Å². The number of hydrogen-bond donors (Lipinski definition) is 0. The van der Waals surface area contributed by atoms with Gasteiger partial charge in [0.25, 0.3) is 0 Å². The molecule has 0 heterocycles. The fourth-order valence-electron chi connectivity index (χ4n) is 2.68. The molecular formula is C22H28FN3. The highest BCUT2D eigenvalue weighted by Gasteiger charge is 2.13. The van der Waals surface area contributed by atoms with Crippen LogP contribution in [0.4, 0.5) is 4.39 Å². The van der Waals surface area contributed by atoms with Crippen LogP contribution in [0.15, 0.2) is 88.9 Å². The predicted octanol–water partition coefficient (Wildman–Crippen LogP) is 5.67. The monoisotopic (exact) mass is 353 g/mol. The summed E-state index contributed by atoms with van der Waals surface area (Å²) in [4.78, 5) is 9.88. The Morgan fingerprint density at radius 3 is 2.50 bits per heavy atom. The van der Waals surface area contributed by atoms with Crippen LogP contribution in [-0.4, -0.2) is 30.9 Å². The number of nitrogens with zero attached hydrogens (tertiary/aromatic N) is 3. The van der Waals surface area contributed by atoms with E-state index in [9.17, 15) is 4.39 Å². The van der Waals surface area contributed by atoms with Crippen molar-refractivity contribution >= 4 is 12.4 Å². The number of benzene rings is 1. The van der Waals surface area contributed by atoms with Crippen molar-refractivity contribution in [3.63, 3.8) is 0 Å². The van der Waals surface area contributed by atoms with E-state index >= 15 is 0 Å². The molecule has 0 aromatic heterocycles. The Bertz CT molecular complexity index is 699. The van der Waals surface area contributed by atoms with Gasteiger partial charge in [0.15, 0.2) is 5.83 Å². The van der Waals surface area contributed by atoms with Gasteiger partial charge in [0, 0.05) is 19.2 Å². The Kier molecular flexibility index (Phi) is 9.62. The smallest absolute Gasteiger partial charge is 0.167 e. The minimum absolute atomic E-state index is 0.235. The van der Waals surface area contributed by atoms with Gasteiger partial charge in [-0.3, -0.25) is 9.98 Å². The molecule has 3 nitrogen and oxygen atoms in total. The second-order valence-electron chi connectivity index (χ2n) is 5.66. The second-order valence-corrected chi connectivity index (χ2v) is 5.66. The summed E-state index contributed by atoms with van der Waals surface area (Å²) in [6.07, 6.45) is 9.17. The first-order valence-electron chi connectivity index (χ1n) is 8.73. The van der Waals surface area contributed by atoms with Crippen molar-refractivity contribution in [3.05, 3.63) is 84.5 Å². The summed E-state index contributed by atoms with van der Waals surface area (Å²) < 4.78 is 14.3. The fraction of sp³-hybridized carbons (Fsp3) is 0.273. The maximum Gasteiger partial charge on any atom is 0.167 e. The highest BCUT2D eigenvalue weighted by atomic mass is 19.1. The molecule has 0 aliphatic carbocycles. The SMILES string of the molecule is C=C/C=C(\C=C/N(C)C(CC)c1ccccc1)C(=NCC)/C(F)=C\N=C. The molecule has 138 valence electrons. The Morgan fingerprint density at radius 1 is 1.27 bits per heavy atom. The molecule has 1 unspecified atom stereocenters. The van der Waals surface area contributed by atoms with Gasteiger partial charge in [-0.2, -0.15) is 0 Å². The molecule has 1 aromatic carbocycles. The highest BCUT2D eigenvalue weighted by Crippen LogP contribution is 2.23. The van der Waals surface area contributed by atoms with Crippen LogP contribution < -0.4 is 0 Å². The van der Waals surface area contributed by atoms with Crippen molar-refractivity contribution in [1.29, 1.82) is 0 Å². The third-order valence-corrected chi connectivity index (χ3v) is 3.87. The molecule has 0 spiro atoms. The van der Waals surface area contributed by atoms with E-state index in [1.807, 2.05) is 44.4 Å². The Hall–Kier alpha value is -2.75. The van der Waals surface area contributed by atoms with Crippen LogP contribution in [0.1, 0.15) is 31.9 Å². The van der Waals surface area contributed by atoms with Crippen LogP contribution in [0.25, 0.3) is 0 Å². The highest BCUT2D eigenvalue weighted by molar-refractivity contribution is 6.12. The van der Waals surface area contributed by atoms with Crippen LogP contribution >= 0.6 is 0 Å². The summed E-state index contributed by atoms with van der Waals surface area (Å²) in [5.41, 5.74) is 2.12. The molecule has 4 heteroatoms. The van der Waals surface area contributed by atoms with Crippen LogP contribution in [0.3, 0.4) is 0 Å². The average Bonchev–Trinajstić information content (AvgIpc) is 2.65. The zero-order valence-corrected chi connectivity index (χ0v) is 15.9. The summed E-state index contributed by atoms with van der Waals surface area (Å²) in [5, 5.41) is 0. The summed E-state index contributed by atoms with van der Waals surface area (Å²) in [6.45, 7) is 11.5. The number of allylic oxidation sites excluding steroid dienone is 5. The maximum atomic E-state index is 14.3. The van der Waals surface area contributed by atoms with E-state index in [0.29, 0.717) is 12.1 Å². The first-order valence-corrected chi connectivity index (χ1v) is 8.73. The van der Waals surface area contributed by atoms with Gasteiger partial charge in [-0.25, -0.2) is 4.39 Å². The van der Waals surface area contributed by atoms with Gasteiger partial charge in [-0.15, -0.1) is 0 Å². The Balaban J connectivity index is 3.13. The molecule has 0 saturated carbocycles. The van der Waals surface area contributed by atoms with Crippen LogP contribution in [0.2, 0.25) is 0 Å². The van der Waals surface area contributed by atoms with Crippen LogP contribution in [-0.2, 0) is 0 Å². The average molecular weight is 353 g/mol. The summed E-state index contributed by atoms with van der Waals surface area (Å²) >= 11 is 0. The van der Waals surface area contributed by atoms with Crippen molar-refractivity contribution in [3.8, 4) is 0 Å². The van der Waals surface area contributed by atoms with Gasteiger partial charge in [-0.05, 0) is 37.9 Å². The lowest BCUT2D eigenvalue weighted by Gasteiger charge is -2.26. The Morgan fingerprint density at radius 2 is 1.96 bits per heavy atom. The van der Waals surface area contributed by atoms with Crippen molar-refractivity contribution in [1.82, 2.24) is 4.90 Å². The lowest BCUT2D eigenvalue weighted by molar-refractivity contribution is 0.328. The van der Waals surface area contributed by atoms with E-state index in [1.165, 1.54) is 5.56 Å². The molecule has 0 amide bonds. The second kappa shape index (κ2) is 11.7. The molecule has 1 rings (SSSR count). The normalized spacial score (nSPS) is 14.4. The third kappa shape index (κ3) is 6.28. The summed E-state index contributed by atoms with van der Waals surface area (Å²) in [6, 6.07) is 10.5. The summed E-state index contributed by atoms with van der Waals surface area (Å²) in [7, 11) is 2.01. The van der Waals surface area contributed by atoms with Gasteiger partial charge in [0.05, 0.1) is 12.2 Å². The minimum Gasteiger partial charge on any atom is -0.373 e. The van der Waals surface area contributed by atoms with E-state index < -0.39 is 5.83 Å². The molecule has 0 radical (unpaired) electrons. The number of aliphatic imine (C=N–C) groups is 2. The lowest BCUT2D eigenvalue weighted by Crippen LogP contribution is -2.18. The van der Waals surface area contributed by atoms with Gasteiger partial charge >= 0.3 is 0 Å². The fourth-order valence-corrected chi connectivity index (χ4v) is 2.68. The molecule has 26 heavy (non-hydrogen) atoms. The first kappa shape index (κ1) is 21.3. The predicted molar refractivity (Wildman–Crippen MR) is 111 cm³/mol. The molecular weight excluding hydrogens is 325 g/mol. The van der Waals surface area contributed by atoms with Gasteiger partial charge in [0.2, 0.25) is 0 Å². The molecule has 0 saturated heterocycles. The number of halogens is 1. The molecule has 0 aliphatic rings. The zero-order valence-electron chi connectivity index (χ0n) is 15.9. The summed E-state index contributed by atoms with van der Waals surface area (Å²) in [5.74, 6) is -0.516. The third-order valence-electron chi connectivity index (χ3n) is 3.87. The number of rotatable bonds is 10. The molecule has 0 fully saturated rings. The van der Waals surface area contributed by atoms with Crippen molar-refractivity contribution < 1.29 is 4.39 Å². The Labute approximate surface area is 156 Å². The minimum atomic E-state index is -0.516. The van der Waals surface area contributed by atoms with E-state index in [-0.39, 0.29) is 11.8 Å². The van der Waals surface area contributed by atoms with E-state index in [0.717, 1.165) is 12.6 Å². The lowest BCUT2D eigenvalue weighted by atomic mass is 10.0. The van der Waals surface area contributed by atoms with E-state index in [4.69, 9.17) is 0 Å². The first-order chi connectivity index (χ1) is 12.6. The van der Waals surface area contributed by atoms with Crippen molar-refractivity contribution in [2.45, 2.75) is 26.3 Å². The topological polar surface area (TPSA) is 28.0 Å². The maximum absolute atomic E-state index is 14.3. The molecule has 1 aromatic rings. The van der Waals surface area contributed by atoms with E-state index in [1.54, 1.807) is 12.2 Å². The largest absolute Gasteiger partial charge is 0.373 e.